The zero-order chi connectivity index (χ0) is 12.1. The first kappa shape index (κ1) is 14.9. The lowest BCUT2D eigenvalue weighted by Crippen LogP contribution is -2.06. The summed E-state index contributed by atoms with van der Waals surface area (Å²) in [5, 5.41) is 16.6. The third kappa shape index (κ3) is 11.0. The Kier molecular flexibility index (Phi) is 11.1. The number of ether oxygens (including phenoxy) is 2. The van der Waals surface area contributed by atoms with E-state index in [-0.39, 0.29) is 0 Å². The molecular weight excluding hydrogens is 204 g/mol. The van der Waals surface area contributed by atoms with Gasteiger partial charge < -0.3 is 9.47 Å². The molecule has 4 heteroatoms. The van der Waals surface area contributed by atoms with Gasteiger partial charge in [0.2, 0.25) is 0 Å². The quantitative estimate of drug-likeness (QED) is 0.534. The maximum Gasteiger partial charge on any atom is 0.0645 e. The lowest BCUT2D eigenvalue weighted by atomic mass is 10.1. The summed E-state index contributed by atoms with van der Waals surface area (Å²) in [7, 11) is 0. The third-order valence-electron chi connectivity index (χ3n) is 2.23. The smallest absolute Gasteiger partial charge is 0.0645 e. The average Bonchev–Trinajstić information content (AvgIpc) is 2.28. The zero-order valence-electron chi connectivity index (χ0n) is 9.95. The molecule has 0 N–H and O–H groups in total. The Morgan fingerprint density at radius 2 is 1.31 bits per heavy atom. The Hall–Kier alpha value is -1.10. The molecule has 0 amide bonds. The van der Waals surface area contributed by atoms with E-state index < -0.39 is 0 Å². The molecule has 0 unspecified atom stereocenters. The average molecular weight is 224 g/mol. The van der Waals surface area contributed by atoms with Gasteiger partial charge in [-0.3, -0.25) is 0 Å². The molecule has 4 nitrogen and oxygen atoms in total. The summed E-state index contributed by atoms with van der Waals surface area (Å²) in [5.74, 6) is 0.559. The fourth-order valence-corrected chi connectivity index (χ4v) is 1.15. The van der Waals surface area contributed by atoms with Crippen LogP contribution in [0.2, 0.25) is 0 Å². The number of hydrogen-bond donors (Lipinski definition) is 0. The van der Waals surface area contributed by atoms with Crippen molar-refractivity contribution in [2.75, 3.05) is 26.4 Å². The zero-order valence-corrected chi connectivity index (χ0v) is 9.95. The van der Waals surface area contributed by atoms with Crippen molar-refractivity contribution < 1.29 is 9.47 Å². The summed E-state index contributed by atoms with van der Waals surface area (Å²) >= 11 is 0. The monoisotopic (exact) mass is 224 g/mol. The van der Waals surface area contributed by atoms with Crippen molar-refractivity contribution in [2.24, 2.45) is 5.92 Å². The Labute approximate surface area is 97.8 Å². The molecule has 0 saturated heterocycles. The largest absolute Gasteiger partial charge is 0.380 e. The molecule has 0 aromatic rings. The lowest BCUT2D eigenvalue weighted by molar-refractivity contribution is 0.104. The van der Waals surface area contributed by atoms with Crippen LogP contribution in [0.5, 0.6) is 0 Å². The molecule has 0 fully saturated rings. The van der Waals surface area contributed by atoms with Gasteiger partial charge in [-0.15, -0.1) is 0 Å². The molecule has 0 saturated carbocycles. The summed E-state index contributed by atoms with van der Waals surface area (Å²) in [6, 6.07) is 4.08. The van der Waals surface area contributed by atoms with E-state index in [9.17, 15) is 0 Å². The Balaban J connectivity index is 3.16. The van der Waals surface area contributed by atoms with E-state index in [0.29, 0.717) is 45.2 Å². The van der Waals surface area contributed by atoms with Crippen molar-refractivity contribution in [1.29, 1.82) is 10.5 Å². The standard InChI is InChI=1S/C12H20N2O2/c1-12(4-10-15-8-2-6-13)5-11-16-9-3-7-14/h12H,2-5,8-11H2,1H3. The van der Waals surface area contributed by atoms with Crippen LogP contribution in [0.1, 0.15) is 32.6 Å². The minimum absolute atomic E-state index is 0.464. The Morgan fingerprint density at radius 3 is 1.69 bits per heavy atom. The van der Waals surface area contributed by atoms with E-state index in [1.807, 2.05) is 12.1 Å². The van der Waals surface area contributed by atoms with Gasteiger partial charge in [0.05, 0.1) is 38.2 Å². The summed E-state index contributed by atoms with van der Waals surface area (Å²) in [5.41, 5.74) is 0. The van der Waals surface area contributed by atoms with Crippen LogP contribution in [0.15, 0.2) is 0 Å². The second-order valence-electron chi connectivity index (χ2n) is 3.72. The van der Waals surface area contributed by atoms with Crippen LogP contribution in [0.25, 0.3) is 0 Å². The van der Waals surface area contributed by atoms with Gasteiger partial charge in [0.25, 0.3) is 0 Å². The van der Waals surface area contributed by atoms with E-state index in [1.165, 1.54) is 0 Å². The SMILES string of the molecule is CC(CCOCCC#N)CCOCCC#N. The molecule has 16 heavy (non-hydrogen) atoms. The second-order valence-corrected chi connectivity index (χ2v) is 3.72. The molecule has 0 heterocycles. The highest BCUT2D eigenvalue weighted by atomic mass is 16.5. The van der Waals surface area contributed by atoms with Gasteiger partial charge in [0.1, 0.15) is 0 Å². The van der Waals surface area contributed by atoms with Crippen LogP contribution < -0.4 is 0 Å². The molecule has 0 aromatic carbocycles. The molecular formula is C12H20N2O2. The van der Waals surface area contributed by atoms with Crippen molar-refractivity contribution >= 4 is 0 Å². The fraction of sp³-hybridized carbons (Fsp3) is 0.833. The number of rotatable bonds is 10. The number of nitriles is 2. The van der Waals surface area contributed by atoms with Gasteiger partial charge >= 0.3 is 0 Å². The predicted molar refractivity (Wildman–Crippen MR) is 60.5 cm³/mol. The van der Waals surface area contributed by atoms with Crippen LogP contribution in [0.3, 0.4) is 0 Å². The highest BCUT2D eigenvalue weighted by Crippen LogP contribution is 2.07. The molecule has 0 aliphatic rings. The van der Waals surface area contributed by atoms with Crippen LogP contribution in [-0.4, -0.2) is 26.4 Å². The molecule has 0 radical (unpaired) electrons. The number of hydrogen-bond acceptors (Lipinski definition) is 4. The van der Waals surface area contributed by atoms with E-state index in [1.54, 1.807) is 0 Å². The topological polar surface area (TPSA) is 66.0 Å². The predicted octanol–water partition coefficient (Wildman–Crippen LogP) is 2.26. The van der Waals surface area contributed by atoms with Crippen LogP contribution in [0, 0.1) is 28.6 Å². The molecule has 0 bridgehead atoms. The first-order valence-electron chi connectivity index (χ1n) is 5.70. The van der Waals surface area contributed by atoms with Crippen molar-refractivity contribution in [3.05, 3.63) is 0 Å². The molecule has 0 atom stereocenters. The van der Waals surface area contributed by atoms with Gasteiger partial charge in [0.15, 0.2) is 0 Å². The van der Waals surface area contributed by atoms with Gasteiger partial charge in [-0.1, -0.05) is 6.92 Å². The minimum Gasteiger partial charge on any atom is -0.380 e. The third-order valence-corrected chi connectivity index (χ3v) is 2.23. The van der Waals surface area contributed by atoms with E-state index >= 15 is 0 Å². The van der Waals surface area contributed by atoms with Gasteiger partial charge in [-0.2, -0.15) is 10.5 Å². The summed E-state index contributed by atoms with van der Waals surface area (Å²) in [4.78, 5) is 0. The summed E-state index contributed by atoms with van der Waals surface area (Å²) in [6.45, 7) is 4.63. The first-order chi connectivity index (χ1) is 7.81. The van der Waals surface area contributed by atoms with Gasteiger partial charge in [-0.25, -0.2) is 0 Å². The minimum atomic E-state index is 0.464. The maximum atomic E-state index is 8.29. The molecule has 0 aliphatic heterocycles. The summed E-state index contributed by atoms with van der Waals surface area (Å²) in [6.07, 6.45) is 2.91. The summed E-state index contributed by atoms with van der Waals surface area (Å²) < 4.78 is 10.6. The number of nitrogens with zero attached hydrogens (tertiary/aromatic N) is 2. The van der Waals surface area contributed by atoms with Crippen molar-refractivity contribution in [2.45, 2.75) is 32.6 Å². The molecule has 0 aliphatic carbocycles. The second kappa shape index (κ2) is 12.0. The normalized spacial score (nSPS) is 10.0. The molecule has 0 spiro atoms. The molecule has 90 valence electrons. The molecule has 0 rings (SSSR count). The van der Waals surface area contributed by atoms with Crippen LogP contribution in [0.4, 0.5) is 0 Å². The van der Waals surface area contributed by atoms with Crippen LogP contribution in [-0.2, 0) is 9.47 Å². The highest BCUT2D eigenvalue weighted by molar-refractivity contribution is 4.67. The van der Waals surface area contributed by atoms with E-state index in [2.05, 4.69) is 6.92 Å². The molecule has 0 aromatic heterocycles. The van der Waals surface area contributed by atoms with Crippen molar-refractivity contribution in [3.63, 3.8) is 0 Å². The van der Waals surface area contributed by atoms with Gasteiger partial charge in [0, 0.05) is 13.2 Å². The van der Waals surface area contributed by atoms with Gasteiger partial charge in [-0.05, 0) is 18.8 Å². The van der Waals surface area contributed by atoms with Crippen molar-refractivity contribution in [1.82, 2.24) is 0 Å². The Bertz CT molecular complexity index is 206. The lowest BCUT2D eigenvalue weighted by Gasteiger charge is -2.11. The van der Waals surface area contributed by atoms with E-state index in [0.717, 1.165) is 12.8 Å². The van der Waals surface area contributed by atoms with Crippen LogP contribution >= 0.6 is 0 Å². The van der Waals surface area contributed by atoms with E-state index in [4.69, 9.17) is 20.0 Å². The first-order valence-corrected chi connectivity index (χ1v) is 5.70. The maximum absolute atomic E-state index is 8.29. The highest BCUT2D eigenvalue weighted by Gasteiger charge is 2.01. The fourth-order valence-electron chi connectivity index (χ4n) is 1.15. The Morgan fingerprint density at radius 1 is 0.875 bits per heavy atom. The van der Waals surface area contributed by atoms with Crippen molar-refractivity contribution in [3.8, 4) is 12.1 Å².